The minimum absolute atomic E-state index is 0.0407. The molecule has 0 saturated heterocycles. The zero-order valence-corrected chi connectivity index (χ0v) is 29.9. The van der Waals surface area contributed by atoms with Gasteiger partial charge in [-0.3, -0.25) is 0 Å². The molecular weight excluding hydrogens is 647 g/mol. The molecule has 8 aromatic carbocycles. The minimum Gasteiger partial charge on any atom is -0.455 e. The van der Waals surface area contributed by atoms with Crippen molar-refractivity contribution >= 4 is 71.7 Å². The molecule has 0 radical (unpaired) electrons. The van der Waals surface area contributed by atoms with Crippen molar-refractivity contribution in [3.63, 3.8) is 0 Å². The van der Waals surface area contributed by atoms with Crippen LogP contribution < -0.4 is 4.90 Å². The van der Waals surface area contributed by atoms with Gasteiger partial charge in [0, 0.05) is 43.9 Å². The van der Waals surface area contributed by atoms with Gasteiger partial charge < -0.3 is 13.7 Å². The summed E-state index contributed by atoms with van der Waals surface area (Å²) in [4.78, 5) is 2.37. The van der Waals surface area contributed by atoms with Crippen LogP contribution in [0, 0.1) is 0 Å². The Kier molecular flexibility index (Phi) is 7.06. The molecule has 0 bridgehead atoms. The highest BCUT2D eigenvalue weighted by Gasteiger charge is 2.22. The standard InChI is InChI=1S/C50H37NO2/c1-50(2,3)35-25-29-37(30-26-35)51(36-27-22-33(23-28-36)39-17-10-18-41-40-15-7-8-20-44(40)52-48(39)41)43-19-9-14-34-24-31-42-47-38(32-12-5-4-6-13-32)16-11-21-45(47)53-49(42)46(34)43/h4-31H,1-3H3. The van der Waals surface area contributed by atoms with Gasteiger partial charge in [-0.15, -0.1) is 0 Å². The van der Waals surface area contributed by atoms with Crippen LogP contribution >= 0.6 is 0 Å². The average Bonchev–Trinajstić information content (AvgIpc) is 3.77. The Morgan fingerprint density at radius 2 is 1.04 bits per heavy atom. The summed E-state index contributed by atoms with van der Waals surface area (Å²) in [6, 6.07) is 60.5. The van der Waals surface area contributed by atoms with Crippen LogP contribution in [0.2, 0.25) is 0 Å². The second kappa shape index (κ2) is 12.0. The van der Waals surface area contributed by atoms with Gasteiger partial charge >= 0.3 is 0 Å². The Balaban J connectivity index is 1.18. The first-order valence-corrected chi connectivity index (χ1v) is 18.3. The van der Waals surface area contributed by atoms with Crippen LogP contribution in [0.15, 0.2) is 179 Å². The fourth-order valence-electron chi connectivity index (χ4n) is 7.98. The molecular formula is C50H37NO2. The highest BCUT2D eigenvalue weighted by atomic mass is 16.3. The van der Waals surface area contributed by atoms with E-state index in [1.54, 1.807) is 0 Å². The number of rotatable bonds is 5. The maximum Gasteiger partial charge on any atom is 0.145 e. The third-order valence-electron chi connectivity index (χ3n) is 10.6. The van der Waals surface area contributed by atoms with E-state index in [9.17, 15) is 0 Å². The van der Waals surface area contributed by atoms with Gasteiger partial charge in [0.15, 0.2) is 0 Å². The van der Waals surface area contributed by atoms with Gasteiger partial charge in [0.2, 0.25) is 0 Å². The SMILES string of the molecule is CC(C)(C)c1ccc(N(c2ccc(-c3cccc4c3oc3ccccc34)cc2)c2cccc3ccc4c(oc5cccc(-c6ccccc6)c54)c23)cc1. The van der Waals surface area contributed by atoms with Crippen LogP contribution in [0.1, 0.15) is 26.3 Å². The topological polar surface area (TPSA) is 29.5 Å². The zero-order chi connectivity index (χ0) is 35.7. The smallest absolute Gasteiger partial charge is 0.145 e. The lowest BCUT2D eigenvalue weighted by Crippen LogP contribution is -2.13. The summed E-state index contributed by atoms with van der Waals surface area (Å²) in [5.41, 5.74) is 12.6. The second-order valence-electron chi connectivity index (χ2n) is 14.9. The number of anilines is 3. The van der Waals surface area contributed by atoms with Crippen molar-refractivity contribution in [1.29, 1.82) is 0 Å². The molecule has 0 aliphatic carbocycles. The van der Waals surface area contributed by atoms with Gasteiger partial charge in [-0.05, 0) is 81.6 Å². The van der Waals surface area contributed by atoms with E-state index in [1.807, 2.05) is 12.1 Å². The van der Waals surface area contributed by atoms with Crippen molar-refractivity contribution < 1.29 is 8.83 Å². The van der Waals surface area contributed by atoms with Gasteiger partial charge in [-0.25, -0.2) is 0 Å². The largest absolute Gasteiger partial charge is 0.455 e. The summed E-state index contributed by atoms with van der Waals surface area (Å²) in [6.45, 7) is 6.77. The summed E-state index contributed by atoms with van der Waals surface area (Å²) >= 11 is 0. The normalized spacial score (nSPS) is 12.1. The Morgan fingerprint density at radius 1 is 0.415 bits per heavy atom. The van der Waals surface area contributed by atoms with Gasteiger partial charge in [-0.2, -0.15) is 0 Å². The molecule has 10 rings (SSSR count). The van der Waals surface area contributed by atoms with E-state index in [4.69, 9.17) is 8.83 Å². The lowest BCUT2D eigenvalue weighted by atomic mass is 9.87. The lowest BCUT2D eigenvalue weighted by Gasteiger charge is -2.28. The fourth-order valence-corrected chi connectivity index (χ4v) is 7.98. The molecule has 0 aliphatic rings. The number of furan rings is 2. The lowest BCUT2D eigenvalue weighted by molar-refractivity contribution is 0.590. The number of hydrogen-bond donors (Lipinski definition) is 0. The van der Waals surface area contributed by atoms with E-state index in [0.29, 0.717) is 0 Å². The molecule has 2 aromatic heterocycles. The van der Waals surface area contributed by atoms with E-state index in [1.165, 1.54) is 16.7 Å². The Labute approximate surface area is 308 Å². The zero-order valence-electron chi connectivity index (χ0n) is 29.9. The molecule has 3 heteroatoms. The molecule has 2 heterocycles. The first-order chi connectivity index (χ1) is 25.9. The first-order valence-electron chi connectivity index (χ1n) is 18.3. The van der Waals surface area contributed by atoms with Crippen molar-refractivity contribution in [1.82, 2.24) is 0 Å². The Hall–Kier alpha value is -6.58. The number of fused-ring (bicyclic) bond motifs is 8. The number of nitrogens with zero attached hydrogens (tertiary/aromatic N) is 1. The summed E-state index contributed by atoms with van der Waals surface area (Å²) in [5, 5.41) is 6.71. The first kappa shape index (κ1) is 31.2. The molecule has 10 aromatic rings. The van der Waals surface area contributed by atoms with Gasteiger partial charge in [-0.1, -0.05) is 142 Å². The van der Waals surface area contributed by atoms with Crippen LogP contribution in [0.5, 0.6) is 0 Å². The molecule has 0 spiro atoms. The summed E-state index contributed by atoms with van der Waals surface area (Å²) < 4.78 is 13.3. The van der Waals surface area contributed by atoms with Crippen LogP contribution in [0.4, 0.5) is 17.1 Å². The van der Waals surface area contributed by atoms with Gasteiger partial charge in [0.05, 0.1) is 5.69 Å². The van der Waals surface area contributed by atoms with Gasteiger partial charge in [0.1, 0.15) is 22.3 Å². The molecule has 0 amide bonds. The summed E-state index contributed by atoms with van der Waals surface area (Å²) in [7, 11) is 0. The highest BCUT2D eigenvalue weighted by Crippen LogP contribution is 2.46. The molecule has 3 nitrogen and oxygen atoms in total. The van der Waals surface area contributed by atoms with Crippen LogP contribution in [-0.4, -0.2) is 0 Å². The third kappa shape index (κ3) is 5.11. The number of hydrogen-bond acceptors (Lipinski definition) is 3. The second-order valence-corrected chi connectivity index (χ2v) is 14.9. The van der Waals surface area contributed by atoms with E-state index in [2.05, 4.69) is 183 Å². The summed E-state index contributed by atoms with van der Waals surface area (Å²) in [5.74, 6) is 0. The van der Waals surface area contributed by atoms with Crippen molar-refractivity contribution in [2.45, 2.75) is 26.2 Å². The number of para-hydroxylation sites is 2. The third-order valence-corrected chi connectivity index (χ3v) is 10.6. The Bertz CT molecular complexity index is 2960. The fraction of sp³-hybridized carbons (Fsp3) is 0.0800. The van der Waals surface area contributed by atoms with Crippen molar-refractivity contribution in [2.75, 3.05) is 4.90 Å². The maximum atomic E-state index is 6.86. The predicted octanol–water partition coefficient (Wildman–Crippen LogP) is 14.7. The number of benzene rings is 8. The van der Waals surface area contributed by atoms with Crippen LogP contribution in [0.3, 0.4) is 0 Å². The molecule has 254 valence electrons. The van der Waals surface area contributed by atoms with E-state index in [0.717, 1.165) is 82.8 Å². The van der Waals surface area contributed by atoms with Gasteiger partial charge in [0.25, 0.3) is 0 Å². The quantitative estimate of drug-likeness (QED) is 0.181. The van der Waals surface area contributed by atoms with Crippen molar-refractivity contribution in [2.24, 2.45) is 0 Å². The molecule has 0 N–H and O–H groups in total. The van der Waals surface area contributed by atoms with Crippen molar-refractivity contribution in [3.05, 3.63) is 175 Å². The van der Waals surface area contributed by atoms with Crippen molar-refractivity contribution in [3.8, 4) is 22.3 Å². The molecule has 0 saturated carbocycles. The molecule has 0 unspecified atom stereocenters. The molecule has 0 aliphatic heterocycles. The van der Waals surface area contributed by atoms with E-state index >= 15 is 0 Å². The molecule has 53 heavy (non-hydrogen) atoms. The Morgan fingerprint density at radius 3 is 1.83 bits per heavy atom. The minimum atomic E-state index is 0.0407. The molecule has 0 fully saturated rings. The van der Waals surface area contributed by atoms with E-state index in [-0.39, 0.29) is 5.41 Å². The maximum absolute atomic E-state index is 6.86. The highest BCUT2D eigenvalue weighted by molar-refractivity contribution is 6.22. The van der Waals surface area contributed by atoms with Crippen LogP contribution in [-0.2, 0) is 5.41 Å². The molecule has 0 atom stereocenters. The average molecular weight is 684 g/mol. The monoisotopic (exact) mass is 683 g/mol. The summed E-state index contributed by atoms with van der Waals surface area (Å²) in [6.07, 6.45) is 0. The van der Waals surface area contributed by atoms with Crippen LogP contribution in [0.25, 0.3) is 76.9 Å². The predicted molar refractivity (Wildman–Crippen MR) is 223 cm³/mol. The van der Waals surface area contributed by atoms with E-state index < -0.39 is 0 Å².